The van der Waals surface area contributed by atoms with Gasteiger partial charge in [-0.3, -0.25) is 0 Å². The van der Waals surface area contributed by atoms with Gasteiger partial charge in [0.1, 0.15) is 9.66 Å². The lowest BCUT2D eigenvalue weighted by Gasteiger charge is -1.76. The maximum atomic E-state index is 3.88. The third-order valence-electron chi connectivity index (χ3n) is 1.64. The molecule has 0 bridgehead atoms. The Morgan fingerprint density at radius 3 is 2.00 bits per heavy atom. The van der Waals surface area contributed by atoms with Gasteiger partial charge in [0.05, 0.1) is 24.8 Å². The number of aromatic nitrogens is 6. The second-order valence-electron chi connectivity index (χ2n) is 2.43. The normalized spacial score (nSPS) is 11.1. The summed E-state index contributed by atoms with van der Waals surface area (Å²) >= 11 is 1.53. The zero-order valence-corrected chi connectivity index (χ0v) is 7.22. The van der Waals surface area contributed by atoms with Crippen molar-refractivity contribution in [1.29, 1.82) is 0 Å². The van der Waals surface area contributed by atoms with Gasteiger partial charge in [0.2, 0.25) is 0 Å². The molecule has 0 saturated carbocycles. The zero-order chi connectivity index (χ0) is 8.67. The summed E-state index contributed by atoms with van der Waals surface area (Å²) in [6.07, 6.45) is 7.00. The minimum atomic E-state index is 0.956. The Hall–Kier alpha value is -1.76. The Morgan fingerprint density at radius 1 is 0.923 bits per heavy atom. The third-order valence-corrected chi connectivity index (χ3v) is 2.65. The van der Waals surface area contributed by atoms with Crippen molar-refractivity contribution in [2.24, 2.45) is 0 Å². The number of hydrogen-bond donors (Lipinski definition) is 0. The van der Waals surface area contributed by atoms with E-state index in [1.165, 1.54) is 11.3 Å². The molecule has 6 nitrogen and oxygen atoms in total. The van der Waals surface area contributed by atoms with Gasteiger partial charge in [-0.15, -0.1) is 10.2 Å². The first-order valence-corrected chi connectivity index (χ1v) is 4.42. The zero-order valence-electron chi connectivity index (χ0n) is 6.40. The molecule has 3 heterocycles. The molecule has 7 heteroatoms. The van der Waals surface area contributed by atoms with E-state index in [1.54, 1.807) is 33.8 Å². The van der Waals surface area contributed by atoms with Crippen LogP contribution < -0.4 is 0 Å². The fourth-order valence-electron chi connectivity index (χ4n) is 1.05. The predicted molar refractivity (Wildman–Crippen MR) is 46.2 cm³/mol. The van der Waals surface area contributed by atoms with Gasteiger partial charge in [0.25, 0.3) is 0 Å². The summed E-state index contributed by atoms with van der Waals surface area (Å²) in [6, 6.07) is 0. The smallest absolute Gasteiger partial charge is 0.141 e. The van der Waals surface area contributed by atoms with Crippen molar-refractivity contribution in [3.05, 3.63) is 24.8 Å². The third kappa shape index (κ3) is 0.937. The van der Waals surface area contributed by atoms with Crippen LogP contribution in [0.2, 0.25) is 0 Å². The molecule has 0 atom stereocenters. The molecule has 0 aliphatic carbocycles. The van der Waals surface area contributed by atoms with Crippen molar-refractivity contribution in [3.63, 3.8) is 0 Å². The maximum Gasteiger partial charge on any atom is 0.141 e. The molecule has 0 amide bonds. The summed E-state index contributed by atoms with van der Waals surface area (Å²) in [5.74, 6) is 0. The van der Waals surface area contributed by atoms with Crippen LogP contribution in [-0.2, 0) is 0 Å². The van der Waals surface area contributed by atoms with Crippen molar-refractivity contribution >= 4 is 21.0 Å². The first-order valence-electron chi connectivity index (χ1n) is 3.60. The fourth-order valence-corrected chi connectivity index (χ4v) is 1.85. The number of fused-ring (bicyclic) bond motifs is 2. The van der Waals surface area contributed by atoms with Gasteiger partial charge in [0.15, 0.2) is 0 Å². The van der Waals surface area contributed by atoms with E-state index in [-0.39, 0.29) is 0 Å². The molecule has 0 unspecified atom stereocenters. The van der Waals surface area contributed by atoms with Crippen LogP contribution in [0.25, 0.3) is 9.66 Å². The van der Waals surface area contributed by atoms with Crippen LogP contribution in [0.5, 0.6) is 0 Å². The van der Waals surface area contributed by atoms with E-state index in [9.17, 15) is 0 Å². The van der Waals surface area contributed by atoms with Gasteiger partial charge in [-0.1, -0.05) is 21.8 Å². The Bertz CT molecular complexity index is 525. The molecule has 3 aromatic rings. The van der Waals surface area contributed by atoms with Crippen molar-refractivity contribution in [2.75, 3.05) is 0 Å². The molecule has 13 heavy (non-hydrogen) atoms. The molecule has 0 spiro atoms. The Kier molecular flexibility index (Phi) is 1.22. The van der Waals surface area contributed by atoms with E-state index in [0.717, 1.165) is 9.66 Å². The van der Waals surface area contributed by atoms with Crippen molar-refractivity contribution in [1.82, 2.24) is 29.7 Å². The molecule has 0 saturated heterocycles. The molecule has 3 rings (SSSR count). The molecule has 0 radical (unpaired) electrons. The van der Waals surface area contributed by atoms with Gasteiger partial charge < -0.3 is 0 Å². The Balaban J connectivity index is 2.60. The average molecular weight is 192 g/mol. The van der Waals surface area contributed by atoms with E-state index in [4.69, 9.17) is 0 Å². The highest BCUT2D eigenvalue weighted by Gasteiger charge is 1.96. The highest BCUT2D eigenvalue weighted by atomic mass is 32.1. The highest BCUT2D eigenvalue weighted by molar-refractivity contribution is 7.22. The highest BCUT2D eigenvalue weighted by Crippen LogP contribution is 2.11. The first-order chi connectivity index (χ1) is 6.43. The van der Waals surface area contributed by atoms with Gasteiger partial charge >= 0.3 is 0 Å². The predicted octanol–water partition coefficient (Wildman–Crippen LogP) is 0.396. The molecule has 0 aliphatic rings. The van der Waals surface area contributed by atoms with Gasteiger partial charge in [-0.25, -0.2) is 9.03 Å². The standard InChI is InChI=1S/C6H4N6S/c1-2-12-6(4-8-10-12)13-5-3-7-9-11(1)5/h1-4H. The molecule has 0 aromatic carbocycles. The van der Waals surface area contributed by atoms with E-state index < -0.39 is 0 Å². The number of nitrogens with zero attached hydrogens (tertiary/aromatic N) is 6. The molecular formula is C6H4N6S. The second kappa shape index (κ2) is 2.36. The lowest BCUT2D eigenvalue weighted by atomic mass is 10.8. The van der Waals surface area contributed by atoms with E-state index >= 15 is 0 Å². The minimum absolute atomic E-state index is 0.956. The number of rotatable bonds is 0. The van der Waals surface area contributed by atoms with E-state index in [2.05, 4.69) is 20.6 Å². The van der Waals surface area contributed by atoms with Crippen LogP contribution in [0.3, 0.4) is 0 Å². The SMILES string of the molecule is c1nnn2ccn3nncc3sc12. The number of hydrogen-bond acceptors (Lipinski definition) is 5. The fraction of sp³-hybridized carbons (Fsp3) is 0. The molecule has 0 fully saturated rings. The van der Waals surface area contributed by atoms with Gasteiger partial charge in [-0.05, 0) is 0 Å². The summed E-state index contributed by atoms with van der Waals surface area (Å²) in [5, 5.41) is 15.3. The van der Waals surface area contributed by atoms with Crippen LogP contribution in [0.4, 0.5) is 0 Å². The van der Waals surface area contributed by atoms with Crippen LogP contribution >= 0.6 is 11.3 Å². The van der Waals surface area contributed by atoms with Gasteiger partial charge in [-0.2, -0.15) is 0 Å². The summed E-state index contributed by atoms with van der Waals surface area (Å²) in [4.78, 5) is 1.91. The lowest BCUT2D eigenvalue weighted by Crippen LogP contribution is -1.83. The summed E-state index contributed by atoms with van der Waals surface area (Å²) in [6.45, 7) is 0. The maximum absolute atomic E-state index is 3.88. The molecule has 0 N–H and O–H groups in total. The summed E-state index contributed by atoms with van der Waals surface area (Å²) < 4.78 is 3.39. The molecule has 0 aliphatic heterocycles. The quantitative estimate of drug-likeness (QED) is 0.517. The Labute approximate surface area is 76.1 Å². The van der Waals surface area contributed by atoms with Crippen LogP contribution in [-0.4, -0.2) is 29.7 Å². The van der Waals surface area contributed by atoms with Crippen molar-refractivity contribution in [3.8, 4) is 0 Å². The first kappa shape index (κ1) is 6.72. The van der Waals surface area contributed by atoms with Crippen LogP contribution in [0, 0.1) is 0 Å². The van der Waals surface area contributed by atoms with E-state index in [0.29, 0.717) is 0 Å². The molecule has 64 valence electrons. The summed E-state index contributed by atoms with van der Waals surface area (Å²) in [7, 11) is 0. The Morgan fingerprint density at radius 2 is 1.46 bits per heavy atom. The van der Waals surface area contributed by atoms with E-state index in [1.807, 2.05) is 0 Å². The second-order valence-corrected chi connectivity index (χ2v) is 3.47. The minimum Gasteiger partial charge on any atom is -0.209 e. The molecular weight excluding hydrogens is 188 g/mol. The lowest BCUT2D eigenvalue weighted by molar-refractivity contribution is 0.830. The van der Waals surface area contributed by atoms with Crippen molar-refractivity contribution < 1.29 is 0 Å². The largest absolute Gasteiger partial charge is 0.209 e. The van der Waals surface area contributed by atoms with Crippen molar-refractivity contribution in [2.45, 2.75) is 0 Å². The topological polar surface area (TPSA) is 60.4 Å². The van der Waals surface area contributed by atoms with Crippen LogP contribution in [0.1, 0.15) is 0 Å². The molecule has 3 aromatic heterocycles. The average Bonchev–Trinajstić information content (AvgIpc) is 2.72. The van der Waals surface area contributed by atoms with Crippen LogP contribution in [0.15, 0.2) is 24.8 Å². The summed E-state index contributed by atoms with van der Waals surface area (Å²) in [5.41, 5.74) is 0. The van der Waals surface area contributed by atoms with Gasteiger partial charge in [0, 0.05) is 0 Å². The monoisotopic (exact) mass is 192 g/mol.